The molecule has 2 rings (SSSR count). The lowest BCUT2D eigenvalue weighted by atomic mass is 10.2. The van der Waals surface area contributed by atoms with Gasteiger partial charge in [0, 0.05) is 11.8 Å². The van der Waals surface area contributed by atoms with Crippen LogP contribution in [-0.4, -0.2) is 26.1 Å². The second-order valence-corrected chi connectivity index (χ2v) is 3.39. The van der Waals surface area contributed by atoms with Gasteiger partial charge in [-0.2, -0.15) is 0 Å². The largest absolute Gasteiger partial charge is 0.489 e. The maximum absolute atomic E-state index is 5.72. The summed E-state index contributed by atoms with van der Waals surface area (Å²) >= 11 is 0. The smallest absolute Gasteiger partial charge is 0.147 e. The summed E-state index contributed by atoms with van der Waals surface area (Å²) in [5, 5.41) is 0. The Labute approximate surface area is 87.9 Å². The fraction of sp³-hybridized carbons (Fsp3) is 0.400. The normalized spacial score (nSPS) is 20.4. The van der Waals surface area contributed by atoms with E-state index in [0.717, 1.165) is 0 Å². The van der Waals surface area contributed by atoms with Crippen molar-refractivity contribution >= 4 is 11.4 Å². The van der Waals surface area contributed by atoms with Crippen molar-refractivity contribution in [3.8, 4) is 5.75 Å². The number of benzene rings is 1. The van der Waals surface area contributed by atoms with Gasteiger partial charge in [-0.05, 0) is 12.1 Å². The summed E-state index contributed by atoms with van der Waals surface area (Å²) < 4.78 is 15.8. The van der Waals surface area contributed by atoms with E-state index in [-0.39, 0.29) is 6.10 Å². The molecule has 0 saturated carbocycles. The van der Waals surface area contributed by atoms with Gasteiger partial charge in [-0.1, -0.05) is 0 Å². The van der Waals surface area contributed by atoms with Crippen LogP contribution in [0.2, 0.25) is 0 Å². The Kier molecular flexibility index (Phi) is 2.94. The quantitative estimate of drug-likeness (QED) is 0.714. The van der Waals surface area contributed by atoms with Crippen molar-refractivity contribution < 1.29 is 14.2 Å². The molecule has 0 aliphatic carbocycles. The molecule has 5 heteroatoms. The Bertz CT molecular complexity index is 337. The van der Waals surface area contributed by atoms with Crippen LogP contribution in [0.25, 0.3) is 0 Å². The van der Waals surface area contributed by atoms with Gasteiger partial charge in [-0.25, -0.2) is 0 Å². The van der Waals surface area contributed by atoms with E-state index in [1.807, 2.05) is 0 Å². The molecule has 1 aromatic rings. The molecule has 1 heterocycles. The molecule has 0 spiro atoms. The van der Waals surface area contributed by atoms with Gasteiger partial charge >= 0.3 is 0 Å². The maximum Gasteiger partial charge on any atom is 0.147 e. The standard InChI is InChI=1S/C10H14N2O3/c11-7-1-2-9(12)10(3-7)14-5-8-4-13-6-15-8/h1-3,8H,4-6,11-12H2. The molecule has 0 amide bonds. The Balaban J connectivity index is 1.94. The highest BCUT2D eigenvalue weighted by molar-refractivity contribution is 5.59. The zero-order valence-electron chi connectivity index (χ0n) is 8.31. The summed E-state index contributed by atoms with van der Waals surface area (Å²) in [4.78, 5) is 0. The molecule has 0 bridgehead atoms. The van der Waals surface area contributed by atoms with Crippen molar-refractivity contribution in [1.82, 2.24) is 0 Å². The minimum Gasteiger partial charge on any atom is -0.489 e. The van der Waals surface area contributed by atoms with Gasteiger partial charge in [-0.3, -0.25) is 0 Å². The number of nitrogens with two attached hydrogens (primary N) is 2. The molecular formula is C10H14N2O3. The van der Waals surface area contributed by atoms with Crippen molar-refractivity contribution in [2.24, 2.45) is 0 Å². The number of hydrogen-bond donors (Lipinski definition) is 2. The van der Waals surface area contributed by atoms with Crippen LogP contribution in [-0.2, 0) is 9.47 Å². The summed E-state index contributed by atoms with van der Waals surface area (Å²) in [5.41, 5.74) is 12.5. The Morgan fingerprint density at radius 2 is 2.27 bits per heavy atom. The monoisotopic (exact) mass is 210 g/mol. The van der Waals surface area contributed by atoms with Crippen LogP contribution >= 0.6 is 0 Å². The molecule has 1 aliphatic rings. The number of ether oxygens (including phenoxy) is 3. The zero-order chi connectivity index (χ0) is 10.7. The van der Waals surface area contributed by atoms with Gasteiger partial charge in [0.25, 0.3) is 0 Å². The lowest BCUT2D eigenvalue weighted by molar-refractivity contribution is 0.0321. The topological polar surface area (TPSA) is 79.7 Å². The van der Waals surface area contributed by atoms with Crippen molar-refractivity contribution in [2.45, 2.75) is 6.10 Å². The highest BCUT2D eigenvalue weighted by Gasteiger charge is 2.17. The molecule has 1 fully saturated rings. The molecule has 0 radical (unpaired) electrons. The summed E-state index contributed by atoms with van der Waals surface area (Å²) in [6.45, 7) is 1.32. The number of hydrogen-bond acceptors (Lipinski definition) is 5. The lowest BCUT2D eigenvalue weighted by Crippen LogP contribution is -2.20. The van der Waals surface area contributed by atoms with Crippen molar-refractivity contribution in [3.63, 3.8) is 0 Å². The fourth-order valence-corrected chi connectivity index (χ4v) is 1.33. The minimum absolute atomic E-state index is 0.0224. The molecule has 5 nitrogen and oxygen atoms in total. The third-order valence-corrected chi connectivity index (χ3v) is 2.15. The van der Waals surface area contributed by atoms with E-state index in [4.69, 9.17) is 25.7 Å². The van der Waals surface area contributed by atoms with E-state index < -0.39 is 0 Å². The van der Waals surface area contributed by atoms with Gasteiger partial charge in [0.15, 0.2) is 0 Å². The average Bonchev–Trinajstić information content (AvgIpc) is 2.72. The Hall–Kier alpha value is -1.46. The van der Waals surface area contributed by atoms with Gasteiger partial charge in [0.1, 0.15) is 25.3 Å². The highest BCUT2D eigenvalue weighted by atomic mass is 16.7. The minimum atomic E-state index is -0.0224. The molecule has 82 valence electrons. The van der Waals surface area contributed by atoms with E-state index in [0.29, 0.717) is 37.1 Å². The number of nitrogen functional groups attached to an aromatic ring is 2. The van der Waals surface area contributed by atoms with E-state index in [1.165, 1.54) is 0 Å². The molecule has 15 heavy (non-hydrogen) atoms. The van der Waals surface area contributed by atoms with Gasteiger partial charge in [0.05, 0.1) is 12.3 Å². The predicted molar refractivity (Wildman–Crippen MR) is 56.5 cm³/mol. The van der Waals surface area contributed by atoms with Gasteiger partial charge < -0.3 is 25.7 Å². The molecular weight excluding hydrogens is 196 g/mol. The molecule has 0 aromatic heterocycles. The first kappa shape index (κ1) is 10.1. The molecule has 1 atom stereocenters. The van der Waals surface area contributed by atoms with E-state index in [9.17, 15) is 0 Å². The van der Waals surface area contributed by atoms with Gasteiger partial charge in [0.2, 0.25) is 0 Å². The van der Waals surface area contributed by atoms with E-state index >= 15 is 0 Å². The Morgan fingerprint density at radius 3 is 3.00 bits per heavy atom. The van der Waals surface area contributed by atoms with Crippen molar-refractivity contribution in [2.75, 3.05) is 31.5 Å². The first-order chi connectivity index (χ1) is 7.25. The SMILES string of the molecule is Nc1ccc(N)c(OCC2COCO2)c1. The van der Waals surface area contributed by atoms with E-state index in [1.54, 1.807) is 18.2 Å². The highest BCUT2D eigenvalue weighted by Crippen LogP contribution is 2.24. The molecule has 4 N–H and O–H groups in total. The molecule has 1 unspecified atom stereocenters. The fourth-order valence-electron chi connectivity index (χ4n) is 1.33. The van der Waals surface area contributed by atoms with Crippen LogP contribution in [0.4, 0.5) is 11.4 Å². The maximum atomic E-state index is 5.72. The first-order valence-electron chi connectivity index (χ1n) is 4.73. The molecule has 1 aliphatic heterocycles. The third-order valence-electron chi connectivity index (χ3n) is 2.15. The number of rotatable bonds is 3. The van der Waals surface area contributed by atoms with Crippen LogP contribution in [0, 0.1) is 0 Å². The second kappa shape index (κ2) is 4.37. The van der Waals surface area contributed by atoms with Crippen molar-refractivity contribution in [1.29, 1.82) is 0 Å². The summed E-state index contributed by atoms with van der Waals surface area (Å²) in [5.74, 6) is 0.588. The summed E-state index contributed by atoms with van der Waals surface area (Å²) in [6.07, 6.45) is -0.0224. The van der Waals surface area contributed by atoms with Crippen LogP contribution in [0.1, 0.15) is 0 Å². The van der Waals surface area contributed by atoms with Crippen LogP contribution in [0.5, 0.6) is 5.75 Å². The third kappa shape index (κ3) is 2.51. The average molecular weight is 210 g/mol. The summed E-state index contributed by atoms with van der Waals surface area (Å²) in [6, 6.07) is 5.15. The Morgan fingerprint density at radius 1 is 1.40 bits per heavy atom. The molecule has 1 aromatic carbocycles. The van der Waals surface area contributed by atoms with Crippen molar-refractivity contribution in [3.05, 3.63) is 18.2 Å². The van der Waals surface area contributed by atoms with E-state index in [2.05, 4.69) is 0 Å². The van der Waals surface area contributed by atoms with Crippen LogP contribution in [0.3, 0.4) is 0 Å². The first-order valence-corrected chi connectivity index (χ1v) is 4.73. The zero-order valence-corrected chi connectivity index (χ0v) is 8.31. The van der Waals surface area contributed by atoms with Crippen LogP contribution in [0.15, 0.2) is 18.2 Å². The number of anilines is 2. The van der Waals surface area contributed by atoms with Crippen LogP contribution < -0.4 is 16.2 Å². The lowest BCUT2D eigenvalue weighted by Gasteiger charge is -2.12. The molecule has 1 saturated heterocycles. The van der Waals surface area contributed by atoms with Gasteiger partial charge in [-0.15, -0.1) is 0 Å². The summed E-state index contributed by atoms with van der Waals surface area (Å²) in [7, 11) is 0. The predicted octanol–water partition coefficient (Wildman–Crippen LogP) is 0.603. The second-order valence-electron chi connectivity index (χ2n) is 3.39.